The number of fused-ring (bicyclic) bond motifs is 1. The number of hydrogen-bond acceptors (Lipinski definition) is 7. The van der Waals surface area contributed by atoms with E-state index in [0.29, 0.717) is 23.8 Å². The number of aromatic nitrogens is 1. The summed E-state index contributed by atoms with van der Waals surface area (Å²) in [6.45, 7) is 8.30. The number of nitrogens with one attached hydrogen (secondary N) is 1. The molecule has 1 aromatic carbocycles. The van der Waals surface area contributed by atoms with Crippen LogP contribution in [-0.2, 0) is 9.53 Å². The van der Waals surface area contributed by atoms with Gasteiger partial charge in [0.2, 0.25) is 5.91 Å². The number of aryl methyl sites for hydroxylation is 1. The van der Waals surface area contributed by atoms with Crippen LogP contribution in [0.4, 0.5) is 11.4 Å². The number of ether oxygens (including phenoxy) is 2. The molecule has 0 aliphatic carbocycles. The number of methoxy groups -OCH3 is 2. The van der Waals surface area contributed by atoms with Crippen LogP contribution in [0.1, 0.15) is 31.9 Å². The lowest BCUT2D eigenvalue weighted by atomic mass is 9.96. The zero-order valence-electron chi connectivity index (χ0n) is 20.3. The number of carbonyl (C=O) groups is 1. The van der Waals surface area contributed by atoms with Crippen molar-refractivity contribution in [2.75, 3.05) is 45.1 Å². The highest BCUT2D eigenvalue weighted by atomic mass is 16.5. The van der Waals surface area contributed by atoms with Crippen LogP contribution in [0.5, 0.6) is 5.75 Å². The first kappa shape index (κ1) is 25.1. The summed E-state index contributed by atoms with van der Waals surface area (Å²) in [7, 11) is 6.75. The molecule has 0 fully saturated rings. The van der Waals surface area contributed by atoms with Crippen molar-refractivity contribution in [3.63, 3.8) is 0 Å². The Morgan fingerprint density at radius 1 is 1.38 bits per heavy atom. The molecule has 1 aromatic heterocycles. The number of nitrogens with zero attached hydrogens (tertiary/aromatic N) is 3. The van der Waals surface area contributed by atoms with Crippen LogP contribution < -0.4 is 20.7 Å². The maximum atomic E-state index is 12.1. The minimum Gasteiger partial charge on any atom is -0.496 e. The molecule has 0 aliphatic rings. The van der Waals surface area contributed by atoms with Gasteiger partial charge in [-0.1, -0.05) is 13.8 Å². The molecule has 32 heavy (non-hydrogen) atoms. The van der Waals surface area contributed by atoms with Crippen molar-refractivity contribution in [3.05, 3.63) is 29.6 Å². The highest BCUT2D eigenvalue weighted by molar-refractivity contribution is 6.17. The van der Waals surface area contributed by atoms with Gasteiger partial charge in [0, 0.05) is 64.1 Å². The van der Waals surface area contributed by atoms with E-state index in [1.54, 1.807) is 45.6 Å². The zero-order valence-corrected chi connectivity index (χ0v) is 20.3. The Hall–Kier alpha value is -3.13. The number of carbonyl (C=O) groups excluding carboxylic acids is 1. The second-order valence-electron chi connectivity index (χ2n) is 7.98. The molecule has 1 heterocycles. The van der Waals surface area contributed by atoms with Crippen molar-refractivity contribution in [2.24, 2.45) is 16.6 Å². The molecule has 0 saturated carbocycles. The normalized spacial score (nSPS) is 13.1. The lowest BCUT2D eigenvalue weighted by Gasteiger charge is -2.25. The van der Waals surface area contributed by atoms with E-state index >= 15 is 0 Å². The Morgan fingerprint density at radius 3 is 2.56 bits per heavy atom. The first-order chi connectivity index (χ1) is 15.2. The second-order valence-corrected chi connectivity index (χ2v) is 7.98. The Labute approximate surface area is 190 Å². The number of anilines is 2. The highest BCUT2D eigenvalue weighted by Gasteiger charge is 2.23. The van der Waals surface area contributed by atoms with E-state index in [4.69, 9.17) is 15.2 Å². The van der Waals surface area contributed by atoms with E-state index in [0.717, 1.165) is 33.4 Å². The third kappa shape index (κ3) is 5.02. The van der Waals surface area contributed by atoms with E-state index in [2.05, 4.69) is 29.1 Å². The van der Waals surface area contributed by atoms with Gasteiger partial charge >= 0.3 is 0 Å². The van der Waals surface area contributed by atoms with Crippen LogP contribution in [0, 0.1) is 12.8 Å². The number of hydrogen-bond donors (Lipinski definition) is 2. The summed E-state index contributed by atoms with van der Waals surface area (Å²) >= 11 is 0. The average molecular weight is 442 g/mol. The van der Waals surface area contributed by atoms with Crippen LogP contribution in [0.2, 0.25) is 0 Å². The second kappa shape index (κ2) is 10.9. The first-order valence-corrected chi connectivity index (χ1v) is 10.6. The lowest BCUT2D eigenvalue weighted by molar-refractivity contribution is -0.116. The van der Waals surface area contributed by atoms with Gasteiger partial charge in [0.1, 0.15) is 5.75 Å². The third-order valence-corrected chi connectivity index (χ3v) is 5.67. The topological polar surface area (TPSA) is 102 Å². The van der Waals surface area contributed by atoms with E-state index in [9.17, 15) is 4.79 Å². The van der Waals surface area contributed by atoms with E-state index in [1.807, 2.05) is 13.0 Å². The Bertz CT molecular complexity index is 1030. The maximum absolute atomic E-state index is 12.1. The Kier molecular flexibility index (Phi) is 8.60. The van der Waals surface area contributed by atoms with Gasteiger partial charge in [-0.3, -0.25) is 14.8 Å². The minimum absolute atomic E-state index is 0.00871. The standard InChI is InChI=1S/C24H35N5O3/c1-14(2)21(32-8)13-28-24-22-15(3)19(29(6)16(4)30)12-27-18(22)9-20(31-7)23(24)17(10-25)11-26-5/h9-12,14,21,28H,13,25H2,1-8H3. The van der Waals surface area contributed by atoms with Gasteiger partial charge in [0.15, 0.2) is 0 Å². The summed E-state index contributed by atoms with van der Waals surface area (Å²) in [5, 5.41) is 4.45. The van der Waals surface area contributed by atoms with E-state index in [1.165, 1.54) is 13.1 Å². The van der Waals surface area contributed by atoms with Gasteiger partial charge in [-0.05, 0) is 18.4 Å². The number of rotatable bonds is 9. The fourth-order valence-corrected chi connectivity index (χ4v) is 3.74. The summed E-state index contributed by atoms with van der Waals surface area (Å²) in [6.07, 6.45) is 4.90. The maximum Gasteiger partial charge on any atom is 0.223 e. The van der Waals surface area contributed by atoms with Gasteiger partial charge in [-0.2, -0.15) is 0 Å². The lowest BCUT2D eigenvalue weighted by Crippen LogP contribution is -2.28. The molecule has 174 valence electrons. The van der Waals surface area contributed by atoms with E-state index in [-0.39, 0.29) is 12.0 Å². The summed E-state index contributed by atoms with van der Waals surface area (Å²) in [6, 6.07) is 1.88. The van der Waals surface area contributed by atoms with Crippen LogP contribution in [0.3, 0.4) is 0 Å². The molecule has 8 nitrogen and oxygen atoms in total. The largest absolute Gasteiger partial charge is 0.496 e. The fourth-order valence-electron chi connectivity index (χ4n) is 3.74. The van der Waals surface area contributed by atoms with Crippen LogP contribution in [0.25, 0.3) is 16.5 Å². The predicted molar refractivity (Wildman–Crippen MR) is 133 cm³/mol. The molecule has 1 amide bonds. The molecule has 0 spiro atoms. The van der Waals surface area contributed by atoms with Crippen molar-refractivity contribution in [1.29, 1.82) is 0 Å². The van der Waals surface area contributed by atoms with Gasteiger partial charge < -0.3 is 25.4 Å². The third-order valence-electron chi connectivity index (χ3n) is 5.67. The molecule has 8 heteroatoms. The van der Waals surface area contributed by atoms with Crippen molar-refractivity contribution in [1.82, 2.24) is 4.98 Å². The monoisotopic (exact) mass is 441 g/mol. The molecule has 1 atom stereocenters. The zero-order chi connectivity index (χ0) is 24.0. The van der Waals surface area contributed by atoms with Gasteiger partial charge in [0.25, 0.3) is 0 Å². The predicted octanol–water partition coefficient (Wildman–Crippen LogP) is 3.62. The highest BCUT2D eigenvalue weighted by Crippen LogP contribution is 2.41. The van der Waals surface area contributed by atoms with Gasteiger partial charge in [-0.25, -0.2) is 0 Å². The van der Waals surface area contributed by atoms with E-state index < -0.39 is 0 Å². The summed E-state index contributed by atoms with van der Waals surface area (Å²) in [5.41, 5.74) is 10.7. The molecular formula is C24H35N5O3. The average Bonchev–Trinajstić information content (AvgIpc) is 2.76. The van der Waals surface area contributed by atoms with Gasteiger partial charge in [-0.15, -0.1) is 0 Å². The SMILES string of the molecule is CN=CC(=CN)c1c(OC)cc2ncc(N(C)C(C)=O)c(C)c2c1NCC(OC)C(C)C. The fraction of sp³-hybridized carbons (Fsp3) is 0.458. The first-order valence-electron chi connectivity index (χ1n) is 10.6. The summed E-state index contributed by atoms with van der Waals surface area (Å²) in [5.74, 6) is 0.861. The number of nitrogens with two attached hydrogens (primary N) is 1. The molecule has 0 saturated heterocycles. The summed E-state index contributed by atoms with van der Waals surface area (Å²) in [4.78, 5) is 22.4. The van der Waals surface area contributed by atoms with Crippen molar-refractivity contribution in [2.45, 2.75) is 33.8 Å². The number of amides is 1. The minimum atomic E-state index is -0.0718. The summed E-state index contributed by atoms with van der Waals surface area (Å²) < 4.78 is 11.4. The van der Waals surface area contributed by atoms with Crippen molar-refractivity contribution in [3.8, 4) is 5.75 Å². The smallest absolute Gasteiger partial charge is 0.223 e. The number of allylic oxidation sites excluding steroid dienone is 1. The van der Waals surface area contributed by atoms with Crippen LogP contribution in [-0.4, -0.2) is 58.1 Å². The molecule has 0 aliphatic heterocycles. The quantitative estimate of drug-likeness (QED) is 0.576. The van der Waals surface area contributed by atoms with Gasteiger partial charge in [0.05, 0.1) is 41.9 Å². The number of aliphatic imine (C=N–C) groups is 1. The van der Waals surface area contributed by atoms with Crippen molar-refractivity contribution < 1.29 is 14.3 Å². The Balaban J connectivity index is 2.91. The number of benzene rings is 1. The van der Waals surface area contributed by atoms with Crippen LogP contribution >= 0.6 is 0 Å². The molecule has 2 rings (SSSR count). The van der Waals surface area contributed by atoms with Crippen molar-refractivity contribution >= 4 is 40.0 Å². The molecule has 1 unspecified atom stereocenters. The molecule has 0 bridgehead atoms. The number of pyridine rings is 1. The molecule has 2 aromatic rings. The Morgan fingerprint density at radius 2 is 2.06 bits per heavy atom. The molecule has 0 radical (unpaired) electrons. The molecule has 3 N–H and O–H groups in total. The molecular weight excluding hydrogens is 406 g/mol. The van der Waals surface area contributed by atoms with Crippen LogP contribution in [0.15, 0.2) is 23.5 Å².